The summed E-state index contributed by atoms with van der Waals surface area (Å²) >= 11 is 0. The summed E-state index contributed by atoms with van der Waals surface area (Å²) in [7, 11) is 0. The van der Waals surface area contributed by atoms with Gasteiger partial charge >= 0.3 is 0 Å². The van der Waals surface area contributed by atoms with Gasteiger partial charge in [0.15, 0.2) is 0 Å². The lowest BCUT2D eigenvalue weighted by Gasteiger charge is -2.37. The van der Waals surface area contributed by atoms with E-state index in [0.717, 1.165) is 25.2 Å². The molecule has 0 unspecified atom stereocenters. The predicted molar refractivity (Wildman–Crippen MR) is 48.8 cm³/mol. The van der Waals surface area contributed by atoms with E-state index in [4.69, 9.17) is 0 Å². The topological polar surface area (TPSA) is 17.1 Å². The molecule has 2 rings (SSSR count). The van der Waals surface area contributed by atoms with Crippen LogP contribution in [0.4, 0.5) is 0 Å². The maximum Gasteiger partial charge on any atom is 0.133 e. The zero-order valence-electron chi connectivity index (χ0n) is 7.89. The number of fused-ring (bicyclic) bond motifs is 1. The Hall–Kier alpha value is -0.590. The molecule has 0 bridgehead atoms. The summed E-state index contributed by atoms with van der Waals surface area (Å²) in [5, 5.41) is 0. The molecule has 0 spiro atoms. The minimum absolute atomic E-state index is 0.231. The lowest BCUT2D eigenvalue weighted by Crippen LogP contribution is -2.32. The van der Waals surface area contributed by atoms with E-state index >= 15 is 0 Å². The Morgan fingerprint density at radius 3 is 3.08 bits per heavy atom. The summed E-state index contributed by atoms with van der Waals surface area (Å²) in [6, 6.07) is 0. The van der Waals surface area contributed by atoms with E-state index in [1.165, 1.54) is 12.0 Å². The van der Waals surface area contributed by atoms with Gasteiger partial charge in [0.25, 0.3) is 0 Å². The SMILES string of the molecule is CC1=CC[C@@H]2CCC(=O)C[C@]12C. The monoisotopic (exact) mass is 164 g/mol. The van der Waals surface area contributed by atoms with Crippen LogP contribution in [-0.4, -0.2) is 5.78 Å². The minimum atomic E-state index is 0.231. The summed E-state index contributed by atoms with van der Waals surface area (Å²) in [6.45, 7) is 4.44. The van der Waals surface area contributed by atoms with Crippen LogP contribution in [0.15, 0.2) is 11.6 Å². The van der Waals surface area contributed by atoms with Crippen molar-refractivity contribution in [3.8, 4) is 0 Å². The molecule has 0 radical (unpaired) electrons. The number of Topliss-reactive ketones (excluding diaryl/α,β-unsaturated/α-hetero) is 1. The Balaban J connectivity index is 2.27. The molecule has 0 N–H and O–H groups in total. The molecule has 0 saturated heterocycles. The molecule has 1 heteroatoms. The van der Waals surface area contributed by atoms with Crippen molar-refractivity contribution in [3.05, 3.63) is 11.6 Å². The largest absolute Gasteiger partial charge is 0.300 e. The zero-order valence-corrected chi connectivity index (χ0v) is 7.89. The van der Waals surface area contributed by atoms with Crippen molar-refractivity contribution in [1.82, 2.24) is 0 Å². The summed E-state index contributed by atoms with van der Waals surface area (Å²) in [6.07, 6.45) is 6.25. The van der Waals surface area contributed by atoms with Crippen molar-refractivity contribution in [3.63, 3.8) is 0 Å². The van der Waals surface area contributed by atoms with Gasteiger partial charge in [-0.05, 0) is 31.1 Å². The van der Waals surface area contributed by atoms with E-state index in [-0.39, 0.29) is 5.41 Å². The molecule has 1 fully saturated rings. The van der Waals surface area contributed by atoms with Crippen molar-refractivity contribution >= 4 is 5.78 Å². The van der Waals surface area contributed by atoms with Gasteiger partial charge in [-0.2, -0.15) is 0 Å². The first-order valence-corrected chi connectivity index (χ1v) is 4.82. The summed E-state index contributed by atoms with van der Waals surface area (Å²) in [5.41, 5.74) is 1.68. The van der Waals surface area contributed by atoms with E-state index in [9.17, 15) is 4.79 Å². The fraction of sp³-hybridized carbons (Fsp3) is 0.727. The van der Waals surface area contributed by atoms with Crippen LogP contribution >= 0.6 is 0 Å². The average Bonchev–Trinajstić information content (AvgIpc) is 2.28. The second-order valence-electron chi connectivity index (χ2n) is 4.49. The number of carbonyl (C=O) groups is 1. The lowest BCUT2D eigenvalue weighted by molar-refractivity contribution is -0.124. The predicted octanol–water partition coefficient (Wildman–Crippen LogP) is 2.71. The molecular formula is C11H16O. The first kappa shape index (κ1) is 8.03. The lowest BCUT2D eigenvalue weighted by atomic mass is 9.66. The average molecular weight is 164 g/mol. The van der Waals surface area contributed by atoms with Crippen LogP contribution in [0.2, 0.25) is 0 Å². The highest BCUT2D eigenvalue weighted by Gasteiger charge is 2.43. The van der Waals surface area contributed by atoms with Gasteiger partial charge in [0.2, 0.25) is 0 Å². The first-order valence-electron chi connectivity index (χ1n) is 4.82. The van der Waals surface area contributed by atoms with Crippen molar-refractivity contribution < 1.29 is 4.79 Å². The summed E-state index contributed by atoms with van der Waals surface area (Å²) in [4.78, 5) is 11.3. The maximum atomic E-state index is 11.3. The third-order valence-corrected chi connectivity index (χ3v) is 3.85. The van der Waals surface area contributed by atoms with E-state index in [2.05, 4.69) is 19.9 Å². The molecule has 0 aromatic carbocycles. The van der Waals surface area contributed by atoms with E-state index < -0.39 is 0 Å². The molecule has 0 aromatic heterocycles. The van der Waals surface area contributed by atoms with Crippen LogP contribution in [-0.2, 0) is 4.79 Å². The zero-order chi connectivity index (χ0) is 8.77. The second-order valence-corrected chi connectivity index (χ2v) is 4.49. The fourth-order valence-corrected chi connectivity index (χ4v) is 2.69. The fourth-order valence-electron chi connectivity index (χ4n) is 2.69. The second kappa shape index (κ2) is 2.45. The normalized spacial score (nSPS) is 41.0. The Kier molecular flexibility index (Phi) is 1.64. The van der Waals surface area contributed by atoms with Gasteiger partial charge < -0.3 is 0 Å². The molecule has 12 heavy (non-hydrogen) atoms. The van der Waals surface area contributed by atoms with Crippen LogP contribution in [0.25, 0.3) is 0 Å². The van der Waals surface area contributed by atoms with Crippen molar-refractivity contribution in [2.45, 2.75) is 39.5 Å². The Morgan fingerprint density at radius 2 is 2.33 bits per heavy atom. The number of hydrogen-bond donors (Lipinski definition) is 0. The van der Waals surface area contributed by atoms with Gasteiger partial charge in [-0.25, -0.2) is 0 Å². The Morgan fingerprint density at radius 1 is 1.58 bits per heavy atom. The smallest absolute Gasteiger partial charge is 0.133 e. The number of ketones is 1. The van der Waals surface area contributed by atoms with Crippen molar-refractivity contribution in [1.29, 1.82) is 0 Å². The first-order chi connectivity index (χ1) is 5.63. The van der Waals surface area contributed by atoms with Gasteiger partial charge in [-0.3, -0.25) is 4.79 Å². The number of rotatable bonds is 0. The molecule has 2 aliphatic carbocycles. The molecule has 0 aromatic rings. The van der Waals surface area contributed by atoms with E-state index in [1.807, 2.05) is 0 Å². The molecule has 0 amide bonds. The maximum absolute atomic E-state index is 11.3. The van der Waals surface area contributed by atoms with Gasteiger partial charge in [0, 0.05) is 12.8 Å². The number of allylic oxidation sites excluding steroid dienone is 2. The molecule has 1 saturated carbocycles. The van der Waals surface area contributed by atoms with Crippen LogP contribution in [0.3, 0.4) is 0 Å². The standard InChI is InChI=1S/C11H16O/c1-8-3-4-9-5-6-10(12)7-11(8,9)2/h3,9H,4-7H2,1-2H3/t9-,11-/m1/s1. The molecule has 0 aliphatic heterocycles. The molecule has 0 heterocycles. The molecule has 2 aliphatic rings. The van der Waals surface area contributed by atoms with Crippen LogP contribution in [0, 0.1) is 11.3 Å². The molecule has 1 nitrogen and oxygen atoms in total. The van der Waals surface area contributed by atoms with Gasteiger partial charge in [0.05, 0.1) is 0 Å². The van der Waals surface area contributed by atoms with Crippen LogP contribution in [0.5, 0.6) is 0 Å². The van der Waals surface area contributed by atoms with Gasteiger partial charge in [-0.1, -0.05) is 18.6 Å². The highest BCUT2D eigenvalue weighted by molar-refractivity contribution is 5.80. The highest BCUT2D eigenvalue weighted by atomic mass is 16.1. The summed E-state index contributed by atoms with van der Waals surface area (Å²) < 4.78 is 0. The van der Waals surface area contributed by atoms with E-state index in [0.29, 0.717) is 5.78 Å². The van der Waals surface area contributed by atoms with E-state index in [1.54, 1.807) is 0 Å². The quantitative estimate of drug-likeness (QED) is 0.503. The number of carbonyl (C=O) groups excluding carboxylic acids is 1. The third-order valence-electron chi connectivity index (χ3n) is 3.85. The molecule has 66 valence electrons. The van der Waals surface area contributed by atoms with Crippen LogP contribution < -0.4 is 0 Å². The van der Waals surface area contributed by atoms with Crippen molar-refractivity contribution in [2.75, 3.05) is 0 Å². The summed E-state index contributed by atoms with van der Waals surface area (Å²) in [5.74, 6) is 1.22. The molecule has 2 atom stereocenters. The highest BCUT2D eigenvalue weighted by Crippen LogP contribution is 2.50. The van der Waals surface area contributed by atoms with Gasteiger partial charge in [-0.15, -0.1) is 0 Å². The Bertz CT molecular complexity index is 252. The third kappa shape index (κ3) is 0.954. The molecular weight excluding hydrogens is 148 g/mol. The Labute approximate surface area is 73.8 Å². The minimum Gasteiger partial charge on any atom is -0.300 e. The van der Waals surface area contributed by atoms with Crippen molar-refractivity contribution in [2.24, 2.45) is 11.3 Å². The van der Waals surface area contributed by atoms with Crippen LogP contribution in [0.1, 0.15) is 39.5 Å². The number of hydrogen-bond acceptors (Lipinski definition) is 1. The van der Waals surface area contributed by atoms with Gasteiger partial charge in [0.1, 0.15) is 5.78 Å².